The lowest BCUT2D eigenvalue weighted by molar-refractivity contribution is -0.385. The van der Waals surface area contributed by atoms with Crippen molar-refractivity contribution >= 4 is 11.8 Å². The summed E-state index contributed by atoms with van der Waals surface area (Å²) in [6.45, 7) is 2.31. The smallest absolute Gasteiger partial charge is 0.295 e. The first kappa shape index (κ1) is 13.0. The number of ether oxygens (including phenoxy) is 1. The van der Waals surface area contributed by atoms with Gasteiger partial charge in [0.25, 0.3) is 5.69 Å². The number of hydrogen-bond acceptors (Lipinski definition) is 5. The molecule has 1 aromatic rings. The van der Waals surface area contributed by atoms with E-state index >= 15 is 0 Å². The molecule has 0 N–H and O–H groups in total. The molecule has 0 bridgehead atoms. The predicted octanol–water partition coefficient (Wildman–Crippen LogP) is 1.92. The zero-order valence-electron chi connectivity index (χ0n) is 10.1. The average molecular weight is 237 g/mol. The second-order valence-corrected chi connectivity index (χ2v) is 3.52. The lowest BCUT2D eigenvalue weighted by Crippen LogP contribution is -2.02. The molecule has 0 atom stereocenters. The van der Waals surface area contributed by atoms with Crippen LogP contribution < -0.4 is 4.74 Å². The van der Waals surface area contributed by atoms with Gasteiger partial charge in [-0.15, -0.1) is 0 Å². The monoisotopic (exact) mass is 237 g/mol. The van der Waals surface area contributed by atoms with Crippen LogP contribution in [0.4, 0.5) is 5.69 Å². The molecule has 0 unspecified atom stereocenters. The van der Waals surface area contributed by atoms with Crippen molar-refractivity contribution in [3.8, 4) is 5.88 Å². The summed E-state index contributed by atoms with van der Waals surface area (Å²) in [5.74, 6) is 0.386. The first-order valence-corrected chi connectivity index (χ1v) is 5.17. The Labute approximate surface area is 99.7 Å². The summed E-state index contributed by atoms with van der Waals surface area (Å²) < 4.78 is 5.21. The van der Waals surface area contributed by atoms with Gasteiger partial charge in [0.1, 0.15) is 5.69 Å². The van der Waals surface area contributed by atoms with E-state index in [0.29, 0.717) is 12.5 Å². The Bertz CT molecular complexity index is 430. The summed E-state index contributed by atoms with van der Waals surface area (Å²) in [5.41, 5.74) is 0.251. The highest BCUT2D eigenvalue weighted by Gasteiger charge is 2.14. The molecular formula is C11H15N3O3. The van der Waals surface area contributed by atoms with E-state index < -0.39 is 4.92 Å². The van der Waals surface area contributed by atoms with Crippen molar-refractivity contribution in [2.24, 2.45) is 0 Å². The molecule has 0 saturated heterocycles. The maximum absolute atomic E-state index is 10.8. The third-order valence-electron chi connectivity index (χ3n) is 1.90. The van der Waals surface area contributed by atoms with Gasteiger partial charge in [-0.3, -0.25) is 10.1 Å². The molecule has 6 nitrogen and oxygen atoms in total. The van der Waals surface area contributed by atoms with E-state index in [9.17, 15) is 10.1 Å². The molecule has 0 aromatic carbocycles. The van der Waals surface area contributed by atoms with Crippen molar-refractivity contribution < 1.29 is 9.66 Å². The maximum atomic E-state index is 10.8. The Balaban J connectivity index is 3.11. The van der Waals surface area contributed by atoms with E-state index in [1.165, 1.54) is 12.1 Å². The quantitative estimate of drug-likeness (QED) is 0.578. The number of nitrogens with zero attached hydrogens (tertiary/aromatic N) is 3. The SMILES string of the molecule is CCOc1ccc([N+](=O)[O-])c(C=CN(C)C)n1. The molecule has 1 aromatic heterocycles. The summed E-state index contributed by atoms with van der Waals surface area (Å²) in [4.78, 5) is 16.2. The summed E-state index contributed by atoms with van der Waals surface area (Å²) in [5, 5.41) is 10.8. The van der Waals surface area contributed by atoms with Crippen LogP contribution in [0.1, 0.15) is 12.6 Å². The standard InChI is InChI=1S/C11H15N3O3/c1-4-17-11-6-5-10(14(15)16)9(12-11)7-8-13(2)3/h5-8H,4H2,1-3H3. The van der Waals surface area contributed by atoms with Crippen molar-refractivity contribution in [1.82, 2.24) is 9.88 Å². The fourth-order valence-electron chi connectivity index (χ4n) is 1.17. The predicted molar refractivity (Wildman–Crippen MR) is 64.8 cm³/mol. The van der Waals surface area contributed by atoms with E-state index in [-0.39, 0.29) is 11.4 Å². The Morgan fingerprint density at radius 1 is 1.53 bits per heavy atom. The van der Waals surface area contributed by atoms with Crippen molar-refractivity contribution in [3.05, 3.63) is 34.1 Å². The van der Waals surface area contributed by atoms with Gasteiger partial charge >= 0.3 is 0 Å². The Morgan fingerprint density at radius 2 is 2.24 bits per heavy atom. The lowest BCUT2D eigenvalue weighted by atomic mass is 10.3. The Hall–Kier alpha value is -2.11. The average Bonchev–Trinajstić information content (AvgIpc) is 2.26. The van der Waals surface area contributed by atoms with Gasteiger partial charge in [-0.05, 0) is 13.0 Å². The second-order valence-electron chi connectivity index (χ2n) is 3.52. The van der Waals surface area contributed by atoms with Crippen molar-refractivity contribution in [3.63, 3.8) is 0 Å². The fourth-order valence-corrected chi connectivity index (χ4v) is 1.17. The zero-order valence-corrected chi connectivity index (χ0v) is 10.1. The molecule has 0 spiro atoms. The van der Waals surface area contributed by atoms with Crippen LogP contribution in [0.25, 0.3) is 6.08 Å². The third-order valence-corrected chi connectivity index (χ3v) is 1.90. The molecule has 0 aliphatic rings. The van der Waals surface area contributed by atoms with Gasteiger partial charge in [0.2, 0.25) is 5.88 Å². The number of nitro groups is 1. The van der Waals surface area contributed by atoms with Crippen LogP contribution in [0.15, 0.2) is 18.3 Å². The maximum Gasteiger partial charge on any atom is 0.295 e. The molecule has 0 fully saturated rings. The minimum atomic E-state index is -0.460. The van der Waals surface area contributed by atoms with E-state index in [4.69, 9.17) is 4.74 Å². The second kappa shape index (κ2) is 5.83. The molecule has 0 amide bonds. The van der Waals surface area contributed by atoms with Crippen LogP contribution in [-0.4, -0.2) is 35.5 Å². The van der Waals surface area contributed by atoms with Crippen molar-refractivity contribution in [2.45, 2.75) is 6.92 Å². The first-order valence-electron chi connectivity index (χ1n) is 5.17. The summed E-state index contributed by atoms with van der Waals surface area (Å²) >= 11 is 0. The highest BCUT2D eigenvalue weighted by molar-refractivity contribution is 5.57. The van der Waals surface area contributed by atoms with Crippen molar-refractivity contribution in [1.29, 1.82) is 0 Å². The van der Waals surface area contributed by atoms with Gasteiger partial charge in [0.05, 0.1) is 11.5 Å². The molecule has 0 aliphatic heterocycles. The number of hydrogen-bond donors (Lipinski definition) is 0. The van der Waals surface area contributed by atoms with Crippen LogP contribution >= 0.6 is 0 Å². The van der Waals surface area contributed by atoms with Gasteiger partial charge in [0, 0.05) is 32.4 Å². The molecule has 1 heterocycles. The molecule has 92 valence electrons. The zero-order chi connectivity index (χ0) is 12.8. The van der Waals surface area contributed by atoms with Crippen molar-refractivity contribution in [2.75, 3.05) is 20.7 Å². The van der Waals surface area contributed by atoms with Crippen LogP contribution in [0.3, 0.4) is 0 Å². The normalized spacial score (nSPS) is 10.5. The van der Waals surface area contributed by atoms with Gasteiger partial charge in [-0.2, -0.15) is 0 Å². The van der Waals surface area contributed by atoms with E-state index in [1.54, 1.807) is 17.2 Å². The molecule has 0 aliphatic carbocycles. The number of pyridine rings is 1. The van der Waals surface area contributed by atoms with Crippen LogP contribution in [-0.2, 0) is 0 Å². The summed E-state index contributed by atoms with van der Waals surface area (Å²) in [7, 11) is 3.66. The highest BCUT2D eigenvalue weighted by Crippen LogP contribution is 2.21. The third kappa shape index (κ3) is 3.75. The Morgan fingerprint density at radius 3 is 2.76 bits per heavy atom. The molecule has 17 heavy (non-hydrogen) atoms. The minimum Gasteiger partial charge on any atom is -0.478 e. The van der Waals surface area contributed by atoms with Gasteiger partial charge in [-0.1, -0.05) is 0 Å². The van der Waals surface area contributed by atoms with Crippen LogP contribution in [0.2, 0.25) is 0 Å². The van der Waals surface area contributed by atoms with E-state index in [2.05, 4.69) is 4.98 Å². The molecule has 0 saturated carbocycles. The first-order chi connectivity index (χ1) is 8.04. The lowest BCUT2D eigenvalue weighted by Gasteiger charge is -2.05. The topological polar surface area (TPSA) is 68.5 Å². The van der Waals surface area contributed by atoms with Gasteiger partial charge < -0.3 is 9.64 Å². The van der Waals surface area contributed by atoms with Gasteiger partial charge in [0.15, 0.2) is 0 Å². The van der Waals surface area contributed by atoms with Gasteiger partial charge in [-0.25, -0.2) is 4.98 Å². The Kier molecular flexibility index (Phi) is 4.45. The van der Waals surface area contributed by atoms with E-state index in [1.807, 2.05) is 21.0 Å². The summed E-state index contributed by atoms with van der Waals surface area (Å²) in [6, 6.07) is 2.89. The van der Waals surface area contributed by atoms with Crippen LogP contribution in [0.5, 0.6) is 5.88 Å². The molecule has 1 rings (SSSR count). The molecular weight excluding hydrogens is 222 g/mol. The number of rotatable bonds is 5. The number of aromatic nitrogens is 1. The molecule has 6 heteroatoms. The van der Waals surface area contributed by atoms with E-state index in [0.717, 1.165) is 0 Å². The fraction of sp³-hybridized carbons (Fsp3) is 0.364. The van der Waals surface area contributed by atoms with Crippen LogP contribution in [0, 0.1) is 10.1 Å². The highest BCUT2D eigenvalue weighted by atomic mass is 16.6. The largest absolute Gasteiger partial charge is 0.478 e. The minimum absolute atomic E-state index is 0.0356. The molecule has 0 radical (unpaired) electrons. The summed E-state index contributed by atoms with van der Waals surface area (Å²) in [6.07, 6.45) is 3.28.